The second kappa shape index (κ2) is 5.80. The van der Waals surface area contributed by atoms with Crippen LogP contribution < -0.4 is 14.8 Å². The van der Waals surface area contributed by atoms with E-state index in [1.165, 1.54) is 0 Å². The summed E-state index contributed by atoms with van der Waals surface area (Å²) >= 11 is 0. The van der Waals surface area contributed by atoms with Gasteiger partial charge in [0.1, 0.15) is 30.1 Å². The van der Waals surface area contributed by atoms with Crippen molar-refractivity contribution in [2.45, 2.75) is 58.6 Å². The molecule has 1 aromatic carbocycles. The smallest absolute Gasteiger partial charge is 0.234 e. The lowest BCUT2D eigenvalue weighted by atomic mass is 9.76. The first-order chi connectivity index (χ1) is 11.3. The van der Waals surface area contributed by atoms with Gasteiger partial charge in [0.2, 0.25) is 5.91 Å². The molecule has 130 valence electrons. The molecule has 1 N–H and O–H groups in total. The van der Waals surface area contributed by atoms with E-state index in [9.17, 15) is 9.59 Å². The summed E-state index contributed by atoms with van der Waals surface area (Å²) in [5, 5.41) is 2.89. The van der Waals surface area contributed by atoms with Crippen LogP contribution in [0.4, 0.5) is 0 Å². The monoisotopic (exact) mass is 331 g/mol. The predicted molar refractivity (Wildman–Crippen MR) is 90.8 cm³/mol. The molecule has 5 nitrogen and oxygen atoms in total. The van der Waals surface area contributed by atoms with E-state index in [1.54, 1.807) is 6.07 Å². The number of carbonyl (C=O) groups excluding carboxylic acids is 2. The van der Waals surface area contributed by atoms with Crippen LogP contribution in [0.15, 0.2) is 12.1 Å². The first kappa shape index (κ1) is 16.8. The molecule has 1 amide bonds. The Balaban J connectivity index is 1.99. The van der Waals surface area contributed by atoms with E-state index >= 15 is 0 Å². The minimum absolute atomic E-state index is 0.0352. The first-order valence-corrected chi connectivity index (χ1v) is 8.58. The summed E-state index contributed by atoms with van der Waals surface area (Å²) in [6.45, 7) is 10.1. The summed E-state index contributed by atoms with van der Waals surface area (Å²) in [7, 11) is 0. The number of amides is 1. The molecule has 3 unspecified atom stereocenters. The maximum atomic E-state index is 13.1. The Hall–Kier alpha value is -2.04. The standard InChI is InChI=1S/C19H25NO4/c1-6-10(2)20-18(22)12-9-23-13-7-8-14-16(15(13)17(12)21)19(4,5)11(3)24-14/h7-8,10-12H,6,9H2,1-5H3,(H,20,22). The van der Waals surface area contributed by atoms with Crippen LogP contribution in [0.5, 0.6) is 11.5 Å². The number of ether oxygens (including phenoxy) is 2. The van der Waals surface area contributed by atoms with Gasteiger partial charge < -0.3 is 14.8 Å². The van der Waals surface area contributed by atoms with Crippen molar-refractivity contribution in [3.8, 4) is 11.5 Å². The summed E-state index contributed by atoms with van der Waals surface area (Å²) in [6.07, 6.45) is 0.777. The molecule has 0 saturated heterocycles. The van der Waals surface area contributed by atoms with Gasteiger partial charge in [-0.25, -0.2) is 0 Å². The van der Waals surface area contributed by atoms with Crippen molar-refractivity contribution in [3.63, 3.8) is 0 Å². The van der Waals surface area contributed by atoms with E-state index in [-0.39, 0.29) is 35.9 Å². The lowest BCUT2D eigenvalue weighted by molar-refractivity contribution is -0.125. The van der Waals surface area contributed by atoms with Crippen LogP contribution in [0.3, 0.4) is 0 Å². The molecular weight excluding hydrogens is 306 g/mol. The van der Waals surface area contributed by atoms with Crippen LogP contribution in [0.2, 0.25) is 0 Å². The van der Waals surface area contributed by atoms with Gasteiger partial charge in [0.05, 0.1) is 5.56 Å². The van der Waals surface area contributed by atoms with E-state index < -0.39 is 5.92 Å². The third-order valence-electron chi connectivity index (χ3n) is 5.38. The van der Waals surface area contributed by atoms with Crippen LogP contribution in [0, 0.1) is 5.92 Å². The first-order valence-electron chi connectivity index (χ1n) is 8.58. The molecule has 0 fully saturated rings. The molecule has 3 rings (SSSR count). The fraction of sp³-hybridized carbons (Fsp3) is 0.579. The topological polar surface area (TPSA) is 64.6 Å². The van der Waals surface area contributed by atoms with Crippen molar-refractivity contribution in [2.75, 3.05) is 6.61 Å². The molecule has 0 bridgehead atoms. The highest BCUT2D eigenvalue weighted by Gasteiger charge is 2.46. The van der Waals surface area contributed by atoms with Crippen molar-refractivity contribution in [1.82, 2.24) is 5.32 Å². The Morgan fingerprint density at radius 2 is 2.04 bits per heavy atom. The highest BCUT2D eigenvalue weighted by atomic mass is 16.5. The zero-order valence-electron chi connectivity index (χ0n) is 14.9. The molecule has 24 heavy (non-hydrogen) atoms. The molecule has 0 spiro atoms. The van der Waals surface area contributed by atoms with Crippen molar-refractivity contribution in [1.29, 1.82) is 0 Å². The largest absolute Gasteiger partial charge is 0.491 e. The van der Waals surface area contributed by atoms with E-state index in [0.717, 1.165) is 12.0 Å². The predicted octanol–water partition coefficient (Wildman–Crippen LogP) is 2.85. The Labute approximate surface area is 142 Å². The molecule has 0 radical (unpaired) electrons. The molecule has 2 aliphatic rings. The molecule has 0 aromatic heterocycles. The normalized spacial score (nSPS) is 25.1. The Bertz CT molecular complexity index is 695. The van der Waals surface area contributed by atoms with Gasteiger partial charge in [-0.1, -0.05) is 20.8 Å². The number of Topliss-reactive ketones (excluding diaryl/α,β-unsaturated/α-hetero) is 1. The number of ketones is 1. The fourth-order valence-electron chi connectivity index (χ4n) is 3.27. The summed E-state index contributed by atoms with van der Waals surface area (Å²) in [6, 6.07) is 3.66. The molecule has 2 heterocycles. The maximum absolute atomic E-state index is 13.1. The second-order valence-electron chi connectivity index (χ2n) is 7.34. The number of rotatable bonds is 3. The van der Waals surface area contributed by atoms with Crippen LogP contribution in [-0.2, 0) is 10.2 Å². The van der Waals surface area contributed by atoms with Gasteiger partial charge in [0.25, 0.3) is 0 Å². The summed E-state index contributed by atoms with van der Waals surface area (Å²) in [5.41, 5.74) is 1.06. The Morgan fingerprint density at radius 3 is 2.71 bits per heavy atom. The third-order valence-corrected chi connectivity index (χ3v) is 5.38. The van der Waals surface area contributed by atoms with Crippen molar-refractivity contribution >= 4 is 11.7 Å². The van der Waals surface area contributed by atoms with Crippen LogP contribution in [-0.4, -0.2) is 30.4 Å². The number of nitrogens with one attached hydrogen (secondary N) is 1. The average molecular weight is 331 g/mol. The zero-order valence-corrected chi connectivity index (χ0v) is 14.9. The molecule has 3 atom stereocenters. The lowest BCUT2D eigenvalue weighted by Crippen LogP contribution is -2.45. The number of hydrogen-bond acceptors (Lipinski definition) is 4. The molecule has 2 aliphatic heterocycles. The third kappa shape index (κ3) is 2.46. The van der Waals surface area contributed by atoms with Gasteiger partial charge in [-0.15, -0.1) is 0 Å². The summed E-state index contributed by atoms with van der Waals surface area (Å²) < 4.78 is 11.7. The van der Waals surface area contributed by atoms with Gasteiger partial charge in [-0.3, -0.25) is 9.59 Å². The molecule has 0 aliphatic carbocycles. The van der Waals surface area contributed by atoms with Crippen molar-refractivity contribution < 1.29 is 19.1 Å². The van der Waals surface area contributed by atoms with Gasteiger partial charge in [-0.2, -0.15) is 0 Å². The SMILES string of the molecule is CCC(C)NC(=O)C1COc2ccc3c(c2C1=O)C(C)(C)C(C)O3. The lowest BCUT2D eigenvalue weighted by Gasteiger charge is -2.29. The highest BCUT2D eigenvalue weighted by molar-refractivity contribution is 6.13. The molecular formula is C19H25NO4. The summed E-state index contributed by atoms with van der Waals surface area (Å²) in [5.74, 6) is 0.0371. The Kier molecular flexibility index (Phi) is 4.06. The average Bonchev–Trinajstić information content (AvgIpc) is 2.77. The minimum atomic E-state index is -0.801. The number of fused-ring (bicyclic) bond motifs is 3. The highest BCUT2D eigenvalue weighted by Crippen LogP contribution is 2.48. The number of carbonyl (C=O) groups is 2. The number of benzene rings is 1. The minimum Gasteiger partial charge on any atom is -0.491 e. The van der Waals surface area contributed by atoms with E-state index in [1.807, 2.05) is 26.8 Å². The molecule has 0 saturated carbocycles. The molecule has 1 aromatic rings. The number of hydrogen-bond donors (Lipinski definition) is 1. The van der Waals surface area contributed by atoms with Gasteiger partial charge >= 0.3 is 0 Å². The van der Waals surface area contributed by atoms with Crippen molar-refractivity contribution in [3.05, 3.63) is 23.3 Å². The van der Waals surface area contributed by atoms with Gasteiger partial charge in [0, 0.05) is 17.0 Å². The van der Waals surface area contributed by atoms with Gasteiger partial charge in [-0.05, 0) is 32.4 Å². The van der Waals surface area contributed by atoms with E-state index in [2.05, 4.69) is 19.2 Å². The van der Waals surface area contributed by atoms with E-state index in [0.29, 0.717) is 17.1 Å². The van der Waals surface area contributed by atoms with E-state index in [4.69, 9.17) is 9.47 Å². The Morgan fingerprint density at radius 1 is 1.38 bits per heavy atom. The molecule has 5 heteroatoms. The quantitative estimate of drug-likeness (QED) is 0.865. The van der Waals surface area contributed by atoms with Gasteiger partial charge in [0.15, 0.2) is 5.78 Å². The second-order valence-corrected chi connectivity index (χ2v) is 7.34. The van der Waals surface area contributed by atoms with Crippen LogP contribution in [0.1, 0.15) is 57.0 Å². The van der Waals surface area contributed by atoms with Crippen molar-refractivity contribution in [2.24, 2.45) is 5.92 Å². The zero-order chi connectivity index (χ0) is 17.6. The maximum Gasteiger partial charge on any atom is 0.234 e. The fourth-order valence-corrected chi connectivity index (χ4v) is 3.27. The van der Waals surface area contributed by atoms with Crippen LogP contribution >= 0.6 is 0 Å². The summed E-state index contributed by atoms with van der Waals surface area (Å²) in [4.78, 5) is 25.6. The van der Waals surface area contributed by atoms with Crippen LogP contribution in [0.25, 0.3) is 0 Å².